The Bertz CT molecular complexity index is 496. The van der Waals surface area contributed by atoms with Crippen LogP contribution in [-0.4, -0.2) is 38.5 Å². The Morgan fingerprint density at radius 3 is 2.90 bits per heavy atom. The van der Waals surface area contributed by atoms with Crippen molar-refractivity contribution >= 4 is 29.2 Å². The van der Waals surface area contributed by atoms with E-state index in [1.54, 1.807) is 11.8 Å². The van der Waals surface area contributed by atoms with Crippen molar-refractivity contribution in [3.8, 4) is 0 Å². The van der Waals surface area contributed by atoms with Crippen molar-refractivity contribution < 1.29 is 14.8 Å². The van der Waals surface area contributed by atoms with E-state index < -0.39 is 10.9 Å². The summed E-state index contributed by atoms with van der Waals surface area (Å²) in [6.07, 6.45) is 1.96. The summed E-state index contributed by atoms with van der Waals surface area (Å²) in [5, 5.41) is 22.7. The highest BCUT2D eigenvalue weighted by atomic mass is 32.2. The van der Waals surface area contributed by atoms with Crippen LogP contribution in [0.15, 0.2) is 12.3 Å². The number of nitro groups is 1. The minimum atomic E-state index is -1.24. The average molecular weight is 299 g/mol. The van der Waals surface area contributed by atoms with E-state index in [2.05, 4.69) is 17.2 Å². The van der Waals surface area contributed by atoms with Crippen molar-refractivity contribution in [3.63, 3.8) is 0 Å². The Hall–Kier alpha value is -1.83. The second-order valence-electron chi connectivity index (χ2n) is 4.18. The molecule has 0 spiro atoms. The normalized spacial score (nSPS) is 11.9. The molecule has 0 aliphatic heterocycles. The Balaban J connectivity index is 2.83. The molecular formula is C12H17N3O4S. The fourth-order valence-corrected chi connectivity index (χ4v) is 2.34. The maximum absolute atomic E-state index is 11.0. The van der Waals surface area contributed by atoms with E-state index in [1.165, 1.54) is 0 Å². The number of rotatable bonds is 8. The van der Waals surface area contributed by atoms with Crippen LogP contribution >= 0.6 is 11.8 Å². The highest BCUT2D eigenvalue weighted by Crippen LogP contribution is 2.24. The van der Waals surface area contributed by atoms with Crippen LogP contribution in [0.5, 0.6) is 0 Å². The zero-order chi connectivity index (χ0) is 15.1. The van der Waals surface area contributed by atoms with Crippen LogP contribution in [0, 0.1) is 10.1 Å². The van der Waals surface area contributed by atoms with E-state index in [-0.39, 0.29) is 23.1 Å². The van der Waals surface area contributed by atoms with Gasteiger partial charge in [-0.05, 0) is 24.9 Å². The van der Waals surface area contributed by atoms with Crippen molar-refractivity contribution in [2.24, 2.45) is 0 Å². The minimum absolute atomic E-state index is 0.0240. The lowest BCUT2D eigenvalue weighted by Crippen LogP contribution is -2.18. The molecule has 0 amide bonds. The molecule has 1 aromatic heterocycles. The van der Waals surface area contributed by atoms with Crippen molar-refractivity contribution in [3.05, 3.63) is 27.9 Å². The number of hydrogen-bond donors (Lipinski definition) is 2. The quantitative estimate of drug-likeness (QED) is 0.432. The molecule has 1 atom stereocenters. The number of hydrogen-bond acceptors (Lipinski definition) is 6. The monoisotopic (exact) mass is 299 g/mol. The second-order valence-corrected chi connectivity index (χ2v) is 5.58. The molecule has 1 unspecified atom stereocenters. The van der Waals surface area contributed by atoms with Crippen LogP contribution in [-0.2, 0) is 0 Å². The predicted molar refractivity (Wildman–Crippen MR) is 78.6 cm³/mol. The summed E-state index contributed by atoms with van der Waals surface area (Å²) in [7, 11) is 0. The molecule has 1 heterocycles. The van der Waals surface area contributed by atoms with E-state index in [4.69, 9.17) is 5.11 Å². The molecule has 0 aromatic carbocycles. The number of nitrogens with one attached hydrogen (secondary N) is 1. The second kappa shape index (κ2) is 7.68. The number of nitrogens with zero attached hydrogens (tertiary/aromatic N) is 2. The first-order valence-electron chi connectivity index (χ1n) is 6.17. The molecule has 1 rings (SSSR count). The number of carbonyl (C=O) groups is 1. The Kier molecular flexibility index (Phi) is 6.23. The van der Waals surface area contributed by atoms with Crippen LogP contribution in [0.25, 0.3) is 0 Å². The van der Waals surface area contributed by atoms with Gasteiger partial charge in [0.1, 0.15) is 0 Å². The molecule has 8 heteroatoms. The molecule has 0 aliphatic rings. The molecular weight excluding hydrogens is 282 g/mol. The fraction of sp³-hybridized carbons (Fsp3) is 0.500. The summed E-state index contributed by atoms with van der Waals surface area (Å²) in [6.45, 7) is 3.98. The van der Waals surface area contributed by atoms with Gasteiger partial charge in [0.25, 0.3) is 0 Å². The summed E-state index contributed by atoms with van der Waals surface area (Å²) >= 11 is 1.79. The van der Waals surface area contributed by atoms with Gasteiger partial charge in [0.15, 0.2) is 0 Å². The van der Waals surface area contributed by atoms with E-state index >= 15 is 0 Å². The lowest BCUT2D eigenvalue weighted by atomic mass is 10.2. The standard InChI is InChI=1S/C12H17N3O4S/c1-3-20-5-4-8(2)14-11-10(15(18)19)6-9(7-13-11)12(16)17/h6-8H,3-5H2,1-2H3,(H,13,14)(H,16,17). The smallest absolute Gasteiger partial charge is 0.337 e. The van der Waals surface area contributed by atoms with Crippen LogP contribution in [0.1, 0.15) is 30.6 Å². The molecule has 0 fully saturated rings. The highest BCUT2D eigenvalue weighted by molar-refractivity contribution is 7.99. The largest absolute Gasteiger partial charge is 0.478 e. The van der Waals surface area contributed by atoms with E-state index in [0.29, 0.717) is 0 Å². The zero-order valence-electron chi connectivity index (χ0n) is 11.3. The first-order valence-corrected chi connectivity index (χ1v) is 7.33. The first-order chi connectivity index (χ1) is 9.45. The predicted octanol–water partition coefficient (Wildman–Crippen LogP) is 2.63. The van der Waals surface area contributed by atoms with Crippen LogP contribution in [0.2, 0.25) is 0 Å². The van der Waals surface area contributed by atoms with Gasteiger partial charge < -0.3 is 10.4 Å². The van der Waals surface area contributed by atoms with Crippen LogP contribution in [0.3, 0.4) is 0 Å². The summed E-state index contributed by atoms with van der Waals surface area (Å²) in [4.78, 5) is 25.0. The van der Waals surface area contributed by atoms with Gasteiger partial charge in [0.05, 0.1) is 10.5 Å². The minimum Gasteiger partial charge on any atom is -0.478 e. The maximum Gasteiger partial charge on any atom is 0.337 e. The molecule has 0 bridgehead atoms. The van der Waals surface area contributed by atoms with Gasteiger partial charge in [0, 0.05) is 18.3 Å². The number of anilines is 1. The van der Waals surface area contributed by atoms with Crippen molar-refractivity contribution in [1.29, 1.82) is 0 Å². The molecule has 0 saturated heterocycles. The van der Waals surface area contributed by atoms with E-state index in [9.17, 15) is 14.9 Å². The van der Waals surface area contributed by atoms with Gasteiger partial charge in [-0.2, -0.15) is 11.8 Å². The summed E-state index contributed by atoms with van der Waals surface area (Å²) in [6, 6.07) is 1.04. The SMILES string of the molecule is CCSCCC(C)Nc1ncc(C(=O)O)cc1[N+](=O)[O-]. The third-order valence-corrected chi connectivity index (χ3v) is 3.53. The first kappa shape index (κ1) is 16.2. The van der Waals surface area contributed by atoms with Gasteiger partial charge in [0.2, 0.25) is 5.82 Å². The topological polar surface area (TPSA) is 105 Å². The lowest BCUT2D eigenvalue weighted by Gasteiger charge is -2.14. The Labute approximate surface area is 120 Å². The number of aromatic carboxylic acids is 1. The number of carboxylic acid groups (broad SMARTS) is 1. The molecule has 2 N–H and O–H groups in total. The number of aromatic nitrogens is 1. The average Bonchev–Trinajstić information content (AvgIpc) is 2.38. The number of thioether (sulfide) groups is 1. The fourth-order valence-electron chi connectivity index (χ4n) is 1.53. The molecule has 1 aromatic rings. The zero-order valence-corrected chi connectivity index (χ0v) is 12.1. The third kappa shape index (κ3) is 4.69. The van der Waals surface area contributed by atoms with Crippen molar-refractivity contribution in [2.75, 3.05) is 16.8 Å². The molecule has 110 valence electrons. The summed E-state index contributed by atoms with van der Waals surface area (Å²) in [5.74, 6) is 0.845. The van der Waals surface area contributed by atoms with Gasteiger partial charge in [-0.15, -0.1) is 0 Å². The molecule has 0 saturated carbocycles. The lowest BCUT2D eigenvalue weighted by molar-refractivity contribution is -0.384. The van der Waals surface area contributed by atoms with E-state index in [1.807, 2.05) is 6.92 Å². The van der Waals surface area contributed by atoms with Gasteiger partial charge in [-0.25, -0.2) is 9.78 Å². The summed E-state index contributed by atoms with van der Waals surface area (Å²) in [5.41, 5.74) is -0.517. The number of carboxylic acids is 1. The molecule has 7 nitrogen and oxygen atoms in total. The van der Waals surface area contributed by atoms with Crippen molar-refractivity contribution in [1.82, 2.24) is 4.98 Å². The Morgan fingerprint density at radius 1 is 1.65 bits per heavy atom. The van der Waals surface area contributed by atoms with E-state index in [0.717, 1.165) is 30.2 Å². The van der Waals surface area contributed by atoms with Gasteiger partial charge >= 0.3 is 11.7 Å². The maximum atomic E-state index is 11.0. The summed E-state index contributed by atoms with van der Waals surface area (Å²) < 4.78 is 0. The molecule has 20 heavy (non-hydrogen) atoms. The van der Waals surface area contributed by atoms with Crippen LogP contribution < -0.4 is 5.32 Å². The third-order valence-electron chi connectivity index (χ3n) is 2.59. The van der Waals surface area contributed by atoms with Gasteiger partial charge in [-0.3, -0.25) is 10.1 Å². The van der Waals surface area contributed by atoms with Crippen LogP contribution in [0.4, 0.5) is 11.5 Å². The molecule has 0 aliphatic carbocycles. The number of pyridine rings is 1. The van der Waals surface area contributed by atoms with Crippen molar-refractivity contribution in [2.45, 2.75) is 26.3 Å². The van der Waals surface area contributed by atoms with Gasteiger partial charge in [-0.1, -0.05) is 6.92 Å². The Morgan fingerprint density at radius 2 is 2.35 bits per heavy atom. The highest BCUT2D eigenvalue weighted by Gasteiger charge is 2.20. The molecule has 0 radical (unpaired) electrons.